The fourth-order valence-corrected chi connectivity index (χ4v) is 3.90. The monoisotopic (exact) mass is 383 g/mol. The minimum atomic E-state index is -3.92. The third-order valence-electron chi connectivity index (χ3n) is 4.10. The second kappa shape index (κ2) is 7.83. The SMILES string of the molecule is CC(=O)Nc1ccc(S(=O)(=O)N(C)CC(=O)N2CCCC2C(=O)O)cc1. The standard InChI is InChI=1S/C16H21N3O6S/c1-11(20)17-12-5-7-13(8-6-12)26(24,25)18(2)10-15(21)19-9-3-4-14(19)16(22)23/h5-8,14H,3-4,9-10H2,1-2H3,(H,17,20)(H,22,23). The third-order valence-corrected chi connectivity index (χ3v) is 5.92. The summed E-state index contributed by atoms with van der Waals surface area (Å²) < 4.78 is 26.1. The molecule has 0 radical (unpaired) electrons. The van der Waals surface area contributed by atoms with Crippen LogP contribution in [0.3, 0.4) is 0 Å². The highest BCUT2D eigenvalue weighted by molar-refractivity contribution is 7.89. The number of carboxylic acids is 1. The van der Waals surface area contributed by atoms with Crippen molar-refractivity contribution in [3.05, 3.63) is 24.3 Å². The summed E-state index contributed by atoms with van der Waals surface area (Å²) in [4.78, 5) is 35.7. The first kappa shape index (κ1) is 19.9. The Bertz CT molecular complexity index is 806. The Labute approximate surface area is 151 Å². The van der Waals surface area contributed by atoms with E-state index in [1.54, 1.807) is 0 Å². The third kappa shape index (κ3) is 4.38. The molecule has 10 heteroatoms. The van der Waals surface area contributed by atoms with Crippen LogP contribution in [-0.4, -0.2) is 66.7 Å². The van der Waals surface area contributed by atoms with Crippen LogP contribution in [0.1, 0.15) is 19.8 Å². The molecule has 2 rings (SSSR count). The fourth-order valence-electron chi connectivity index (χ4n) is 2.78. The molecule has 142 valence electrons. The summed E-state index contributed by atoms with van der Waals surface area (Å²) in [5.41, 5.74) is 0.455. The lowest BCUT2D eigenvalue weighted by atomic mass is 10.2. The highest BCUT2D eigenvalue weighted by Crippen LogP contribution is 2.20. The summed E-state index contributed by atoms with van der Waals surface area (Å²) in [6, 6.07) is 4.65. The molecule has 1 heterocycles. The van der Waals surface area contributed by atoms with Crippen molar-refractivity contribution in [3.8, 4) is 0 Å². The molecule has 0 spiro atoms. The molecule has 1 aliphatic heterocycles. The average Bonchev–Trinajstić information content (AvgIpc) is 3.04. The van der Waals surface area contributed by atoms with Crippen LogP contribution in [0.4, 0.5) is 5.69 Å². The van der Waals surface area contributed by atoms with Crippen LogP contribution in [0.2, 0.25) is 0 Å². The highest BCUT2D eigenvalue weighted by Gasteiger charge is 2.35. The largest absolute Gasteiger partial charge is 0.480 e. The van der Waals surface area contributed by atoms with Gasteiger partial charge in [0.2, 0.25) is 21.8 Å². The molecule has 2 N–H and O–H groups in total. The van der Waals surface area contributed by atoms with E-state index in [1.165, 1.54) is 43.1 Å². The van der Waals surface area contributed by atoms with Gasteiger partial charge in [-0.2, -0.15) is 4.31 Å². The summed E-state index contributed by atoms with van der Waals surface area (Å²) >= 11 is 0. The average molecular weight is 383 g/mol. The van der Waals surface area contributed by atoms with Crippen molar-refractivity contribution in [2.45, 2.75) is 30.7 Å². The molecule has 2 amide bonds. The number of nitrogens with one attached hydrogen (secondary N) is 1. The Morgan fingerprint density at radius 2 is 1.88 bits per heavy atom. The molecule has 1 fully saturated rings. The van der Waals surface area contributed by atoms with Gasteiger partial charge in [0.05, 0.1) is 11.4 Å². The molecule has 0 aliphatic carbocycles. The van der Waals surface area contributed by atoms with Gasteiger partial charge in [-0.3, -0.25) is 9.59 Å². The number of hydrogen-bond donors (Lipinski definition) is 2. The van der Waals surface area contributed by atoms with E-state index in [0.29, 0.717) is 25.1 Å². The van der Waals surface area contributed by atoms with Crippen molar-refractivity contribution in [2.75, 3.05) is 25.5 Å². The van der Waals surface area contributed by atoms with Gasteiger partial charge in [-0.1, -0.05) is 0 Å². The molecule has 0 aromatic heterocycles. The van der Waals surface area contributed by atoms with Crippen molar-refractivity contribution in [1.82, 2.24) is 9.21 Å². The number of carbonyl (C=O) groups is 3. The zero-order valence-electron chi connectivity index (χ0n) is 14.5. The number of carboxylic acid groups (broad SMARTS) is 1. The summed E-state index contributed by atoms with van der Waals surface area (Å²) in [6.07, 6.45) is 0.936. The molecule has 1 unspecified atom stereocenters. The number of benzene rings is 1. The van der Waals surface area contributed by atoms with Gasteiger partial charge in [0.15, 0.2) is 0 Å². The predicted molar refractivity (Wildman–Crippen MR) is 92.9 cm³/mol. The number of sulfonamides is 1. The number of anilines is 1. The van der Waals surface area contributed by atoms with Crippen LogP contribution in [0.25, 0.3) is 0 Å². The first-order chi connectivity index (χ1) is 12.1. The maximum Gasteiger partial charge on any atom is 0.326 e. The second-order valence-electron chi connectivity index (χ2n) is 6.05. The van der Waals surface area contributed by atoms with Gasteiger partial charge in [0.25, 0.3) is 0 Å². The minimum Gasteiger partial charge on any atom is -0.480 e. The molecule has 0 saturated carbocycles. The van der Waals surface area contributed by atoms with Gasteiger partial charge in [0.1, 0.15) is 6.04 Å². The first-order valence-corrected chi connectivity index (χ1v) is 9.43. The van der Waals surface area contributed by atoms with Gasteiger partial charge in [-0.25, -0.2) is 13.2 Å². The van der Waals surface area contributed by atoms with Gasteiger partial charge in [-0.15, -0.1) is 0 Å². The summed E-state index contributed by atoms with van der Waals surface area (Å²) in [5, 5.41) is 11.7. The summed E-state index contributed by atoms with van der Waals surface area (Å²) in [7, 11) is -2.66. The molecule has 1 aromatic rings. The zero-order valence-corrected chi connectivity index (χ0v) is 15.3. The number of likely N-dealkylation sites (N-methyl/N-ethyl adjacent to an activating group) is 1. The number of rotatable bonds is 6. The van der Waals surface area contributed by atoms with E-state index in [4.69, 9.17) is 5.11 Å². The first-order valence-electron chi connectivity index (χ1n) is 7.99. The van der Waals surface area contributed by atoms with Gasteiger partial charge >= 0.3 is 5.97 Å². The Hall–Kier alpha value is -2.46. The molecule has 1 aromatic carbocycles. The lowest BCUT2D eigenvalue weighted by Crippen LogP contribution is -2.45. The molecular formula is C16H21N3O6S. The quantitative estimate of drug-likeness (QED) is 0.730. The Morgan fingerprint density at radius 1 is 1.27 bits per heavy atom. The van der Waals surface area contributed by atoms with E-state index >= 15 is 0 Å². The normalized spacial score (nSPS) is 17.3. The minimum absolute atomic E-state index is 0.0295. The van der Waals surface area contributed by atoms with E-state index in [-0.39, 0.29) is 10.8 Å². The zero-order chi connectivity index (χ0) is 19.5. The van der Waals surface area contributed by atoms with Crippen molar-refractivity contribution in [1.29, 1.82) is 0 Å². The van der Waals surface area contributed by atoms with Crippen molar-refractivity contribution in [2.24, 2.45) is 0 Å². The van der Waals surface area contributed by atoms with Crippen molar-refractivity contribution >= 4 is 33.5 Å². The highest BCUT2D eigenvalue weighted by atomic mass is 32.2. The lowest BCUT2D eigenvalue weighted by Gasteiger charge is -2.24. The van der Waals surface area contributed by atoms with E-state index in [1.807, 2.05) is 0 Å². The molecule has 1 atom stereocenters. The van der Waals surface area contributed by atoms with Crippen LogP contribution in [0, 0.1) is 0 Å². The number of amides is 2. The van der Waals surface area contributed by atoms with E-state index in [2.05, 4.69) is 5.32 Å². The number of likely N-dealkylation sites (tertiary alicyclic amines) is 1. The Morgan fingerprint density at radius 3 is 2.42 bits per heavy atom. The maximum absolute atomic E-state index is 12.6. The van der Waals surface area contributed by atoms with Gasteiger partial charge < -0.3 is 15.3 Å². The van der Waals surface area contributed by atoms with Crippen LogP contribution < -0.4 is 5.32 Å². The van der Waals surface area contributed by atoms with Crippen LogP contribution >= 0.6 is 0 Å². The Balaban J connectivity index is 2.09. The number of aliphatic carboxylic acids is 1. The Kier molecular flexibility index (Phi) is 5.98. The van der Waals surface area contributed by atoms with E-state index < -0.39 is 34.5 Å². The number of nitrogens with zero attached hydrogens (tertiary/aromatic N) is 2. The van der Waals surface area contributed by atoms with Gasteiger partial charge in [-0.05, 0) is 37.1 Å². The topological polar surface area (TPSA) is 124 Å². The molecule has 1 aliphatic rings. The van der Waals surface area contributed by atoms with Crippen LogP contribution in [-0.2, 0) is 24.4 Å². The summed E-state index contributed by atoms with van der Waals surface area (Å²) in [5.74, 6) is -1.91. The molecule has 9 nitrogen and oxygen atoms in total. The lowest BCUT2D eigenvalue weighted by molar-refractivity contribution is -0.148. The fraction of sp³-hybridized carbons (Fsp3) is 0.438. The van der Waals surface area contributed by atoms with Crippen molar-refractivity contribution < 1.29 is 27.9 Å². The summed E-state index contributed by atoms with van der Waals surface area (Å²) in [6.45, 7) is 1.20. The predicted octanol–water partition coefficient (Wildman–Crippen LogP) is 0.341. The van der Waals surface area contributed by atoms with E-state index in [9.17, 15) is 22.8 Å². The maximum atomic E-state index is 12.6. The second-order valence-corrected chi connectivity index (χ2v) is 8.09. The number of hydrogen-bond acceptors (Lipinski definition) is 5. The smallest absolute Gasteiger partial charge is 0.326 e. The van der Waals surface area contributed by atoms with Gasteiger partial charge in [0, 0.05) is 26.2 Å². The van der Waals surface area contributed by atoms with Crippen molar-refractivity contribution in [3.63, 3.8) is 0 Å². The molecule has 0 bridgehead atoms. The molecule has 1 saturated heterocycles. The van der Waals surface area contributed by atoms with E-state index in [0.717, 1.165) is 4.31 Å². The molecule has 26 heavy (non-hydrogen) atoms. The van der Waals surface area contributed by atoms with Crippen LogP contribution in [0.5, 0.6) is 0 Å². The van der Waals surface area contributed by atoms with Crippen LogP contribution in [0.15, 0.2) is 29.2 Å². The molecular weight excluding hydrogens is 362 g/mol. The number of carbonyl (C=O) groups excluding carboxylic acids is 2.